The van der Waals surface area contributed by atoms with E-state index in [1.54, 1.807) is 13.8 Å². The minimum atomic E-state index is -0.919. The van der Waals surface area contributed by atoms with Crippen LogP contribution < -0.4 is 11.1 Å². The monoisotopic (exact) mass is 298 g/mol. The van der Waals surface area contributed by atoms with Crippen LogP contribution in [0.3, 0.4) is 0 Å². The number of amides is 2. The average Bonchev–Trinajstić information content (AvgIpc) is 2.45. The molecule has 0 saturated carbocycles. The first-order chi connectivity index (χ1) is 9.69. The molecule has 1 fully saturated rings. The minimum Gasteiger partial charge on any atom is -0.341 e. The van der Waals surface area contributed by atoms with Gasteiger partial charge < -0.3 is 20.9 Å². The molecule has 1 rings (SSSR count). The Kier molecular flexibility index (Phi) is 6.16. The van der Waals surface area contributed by atoms with E-state index in [4.69, 9.17) is 5.73 Å². The number of hydrogen-bond acceptors (Lipinski definition) is 4. The van der Waals surface area contributed by atoms with E-state index in [0.717, 1.165) is 19.6 Å². The number of piperazine rings is 1. The summed E-state index contributed by atoms with van der Waals surface area (Å²) in [6.45, 7) is 13.6. The van der Waals surface area contributed by atoms with Gasteiger partial charge in [-0.1, -0.05) is 20.8 Å². The van der Waals surface area contributed by atoms with Crippen LogP contribution in [0, 0.1) is 5.92 Å². The van der Waals surface area contributed by atoms with Crippen LogP contribution in [0.2, 0.25) is 0 Å². The van der Waals surface area contributed by atoms with E-state index in [-0.39, 0.29) is 17.7 Å². The van der Waals surface area contributed by atoms with E-state index in [1.807, 2.05) is 18.7 Å². The Morgan fingerprint density at radius 3 is 2.14 bits per heavy atom. The molecule has 1 saturated heterocycles. The van der Waals surface area contributed by atoms with E-state index in [9.17, 15) is 9.59 Å². The van der Waals surface area contributed by atoms with Crippen molar-refractivity contribution >= 4 is 11.8 Å². The number of nitrogens with one attached hydrogen (secondary N) is 1. The Labute approximate surface area is 128 Å². The number of hydrogen-bond donors (Lipinski definition) is 2. The Hall–Kier alpha value is -1.14. The van der Waals surface area contributed by atoms with Crippen LogP contribution in [-0.4, -0.2) is 65.9 Å². The second kappa shape index (κ2) is 7.22. The number of rotatable bonds is 5. The molecule has 6 nitrogen and oxygen atoms in total. The maximum Gasteiger partial charge on any atom is 0.247 e. The Bertz CT molecular complexity index is 374. The van der Waals surface area contributed by atoms with Gasteiger partial charge in [0.05, 0.1) is 6.04 Å². The van der Waals surface area contributed by atoms with Crippen molar-refractivity contribution in [3.63, 3.8) is 0 Å². The summed E-state index contributed by atoms with van der Waals surface area (Å²) >= 11 is 0. The molecule has 122 valence electrons. The minimum absolute atomic E-state index is 0.0393. The summed E-state index contributed by atoms with van der Waals surface area (Å²) in [4.78, 5) is 28.8. The smallest absolute Gasteiger partial charge is 0.247 e. The number of carbonyl (C=O) groups excluding carboxylic acids is 2. The molecule has 1 aliphatic rings. The molecular formula is C15H30N4O2. The summed E-state index contributed by atoms with van der Waals surface area (Å²) in [6, 6.07) is -0.589. The zero-order chi connectivity index (χ0) is 16.2. The van der Waals surface area contributed by atoms with Gasteiger partial charge in [-0.2, -0.15) is 0 Å². The molecule has 1 atom stereocenters. The molecule has 0 bridgehead atoms. The van der Waals surface area contributed by atoms with Crippen LogP contribution in [0.15, 0.2) is 0 Å². The van der Waals surface area contributed by atoms with Gasteiger partial charge in [-0.15, -0.1) is 0 Å². The van der Waals surface area contributed by atoms with Crippen molar-refractivity contribution in [3.8, 4) is 0 Å². The first-order valence-corrected chi connectivity index (χ1v) is 7.78. The molecule has 1 aliphatic heterocycles. The number of likely N-dealkylation sites (N-methyl/N-ethyl adjacent to an activating group) is 1. The molecule has 6 heteroatoms. The summed E-state index contributed by atoms with van der Waals surface area (Å²) in [5, 5.41) is 2.79. The lowest BCUT2D eigenvalue weighted by Gasteiger charge is -2.38. The highest BCUT2D eigenvalue weighted by atomic mass is 16.2. The van der Waals surface area contributed by atoms with Crippen molar-refractivity contribution in [1.82, 2.24) is 15.1 Å². The highest BCUT2D eigenvalue weighted by Crippen LogP contribution is 2.12. The van der Waals surface area contributed by atoms with Gasteiger partial charge in [-0.05, 0) is 26.3 Å². The van der Waals surface area contributed by atoms with E-state index in [2.05, 4.69) is 17.1 Å². The summed E-state index contributed by atoms with van der Waals surface area (Å²) in [6.07, 6.45) is 0. The maximum absolute atomic E-state index is 12.6. The second-order valence-corrected chi connectivity index (χ2v) is 6.61. The molecule has 1 unspecified atom stereocenters. The van der Waals surface area contributed by atoms with Gasteiger partial charge in [-0.3, -0.25) is 9.59 Å². The largest absolute Gasteiger partial charge is 0.341 e. The van der Waals surface area contributed by atoms with Crippen LogP contribution in [-0.2, 0) is 9.59 Å². The lowest BCUT2D eigenvalue weighted by molar-refractivity contribution is -0.142. The van der Waals surface area contributed by atoms with Crippen LogP contribution in [0.5, 0.6) is 0 Å². The van der Waals surface area contributed by atoms with E-state index >= 15 is 0 Å². The summed E-state index contributed by atoms with van der Waals surface area (Å²) in [7, 11) is 0. The van der Waals surface area contributed by atoms with Gasteiger partial charge in [0.2, 0.25) is 11.8 Å². The van der Waals surface area contributed by atoms with Crippen molar-refractivity contribution in [2.24, 2.45) is 11.7 Å². The molecule has 3 N–H and O–H groups in total. The SMILES string of the molecule is CCN1CCN(C(=O)C(C)(C)NC(=O)C(N)C(C)C)CC1. The number of carbonyl (C=O) groups is 2. The topological polar surface area (TPSA) is 78.7 Å². The fourth-order valence-corrected chi connectivity index (χ4v) is 2.41. The van der Waals surface area contributed by atoms with Gasteiger partial charge in [0.15, 0.2) is 0 Å². The Morgan fingerprint density at radius 1 is 1.19 bits per heavy atom. The molecule has 2 amide bonds. The standard InChI is InChI=1S/C15H30N4O2/c1-6-18-7-9-19(10-8-18)14(21)15(4,5)17-13(20)12(16)11(2)3/h11-12H,6-10,16H2,1-5H3,(H,17,20). The lowest BCUT2D eigenvalue weighted by Crippen LogP contribution is -2.61. The van der Waals surface area contributed by atoms with Gasteiger partial charge in [0.1, 0.15) is 5.54 Å². The van der Waals surface area contributed by atoms with E-state index < -0.39 is 11.6 Å². The van der Waals surface area contributed by atoms with Gasteiger partial charge in [0.25, 0.3) is 0 Å². The van der Waals surface area contributed by atoms with E-state index in [0.29, 0.717) is 13.1 Å². The normalized spacial score (nSPS) is 18.7. The molecule has 21 heavy (non-hydrogen) atoms. The molecule has 0 radical (unpaired) electrons. The molecule has 0 aliphatic carbocycles. The third kappa shape index (κ3) is 4.68. The van der Waals surface area contributed by atoms with Crippen molar-refractivity contribution in [2.75, 3.05) is 32.7 Å². The van der Waals surface area contributed by atoms with Crippen LogP contribution in [0.25, 0.3) is 0 Å². The predicted molar refractivity (Wildman–Crippen MR) is 83.7 cm³/mol. The molecule has 0 spiro atoms. The van der Waals surface area contributed by atoms with Crippen molar-refractivity contribution in [1.29, 1.82) is 0 Å². The number of nitrogens with two attached hydrogens (primary N) is 1. The lowest BCUT2D eigenvalue weighted by atomic mass is 9.99. The molecule has 0 aromatic heterocycles. The van der Waals surface area contributed by atoms with Gasteiger partial charge in [-0.25, -0.2) is 0 Å². The summed E-state index contributed by atoms with van der Waals surface area (Å²) in [5.41, 5.74) is 4.92. The van der Waals surface area contributed by atoms with Crippen LogP contribution >= 0.6 is 0 Å². The average molecular weight is 298 g/mol. The Balaban J connectivity index is 2.61. The number of nitrogens with zero attached hydrogens (tertiary/aromatic N) is 2. The first kappa shape index (κ1) is 17.9. The zero-order valence-corrected chi connectivity index (χ0v) is 14.0. The first-order valence-electron chi connectivity index (χ1n) is 7.78. The van der Waals surface area contributed by atoms with Gasteiger partial charge >= 0.3 is 0 Å². The summed E-state index contributed by atoms with van der Waals surface area (Å²) in [5.74, 6) is -0.262. The predicted octanol–water partition coefficient (Wildman–Crippen LogP) is 0.0286. The zero-order valence-electron chi connectivity index (χ0n) is 14.0. The van der Waals surface area contributed by atoms with Crippen molar-refractivity contribution < 1.29 is 9.59 Å². The van der Waals surface area contributed by atoms with Crippen LogP contribution in [0.1, 0.15) is 34.6 Å². The Morgan fingerprint density at radius 2 is 1.71 bits per heavy atom. The molecule has 1 heterocycles. The highest BCUT2D eigenvalue weighted by Gasteiger charge is 2.36. The second-order valence-electron chi connectivity index (χ2n) is 6.61. The fraction of sp³-hybridized carbons (Fsp3) is 0.867. The third-order valence-electron chi connectivity index (χ3n) is 4.10. The third-order valence-corrected chi connectivity index (χ3v) is 4.10. The highest BCUT2D eigenvalue weighted by molar-refractivity contribution is 5.92. The van der Waals surface area contributed by atoms with Crippen molar-refractivity contribution in [3.05, 3.63) is 0 Å². The van der Waals surface area contributed by atoms with E-state index in [1.165, 1.54) is 0 Å². The summed E-state index contributed by atoms with van der Waals surface area (Å²) < 4.78 is 0. The van der Waals surface area contributed by atoms with Crippen molar-refractivity contribution in [2.45, 2.75) is 46.2 Å². The van der Waals surface area contributed by atoms with Gasteiger partial charge in [0, 0.05) is 26.2 Å². The molecular weight excluding hydrogens is 268 g/mol. The quantitative estimate of drug-likeness (QED) is 0.750. The van der Waals surface area contributed by atoms with Crippen LogP contribution in [0.4, 0.5) is 0 Å². The fourth-order valence-electron chi connectivity index (χ4n) is 2.41. The molecule has 0 aromatic rings. The molecule has 0 aromatic carbocycles. The maximum atomic E-state index is 12.6.